The third kappa shape index (κ3) is 1.86. The van der Waals surface area contributed by atoms with E-state index in [9.17, 15) is 0 Å². The number of aryl methyl sites for hydroxylation is 1. The second-order valence-corrected chi connectivity index (χ2v) is 5.12. The van der Waals surface area contributed by atoms with Gasteiger partial charge in [-0.1, -0.05) is 0 Å². The summed E-state index contributed by atoms with van der Waals surface area (Å²) >= 11 is 1.67. The molecule has 0 radical (unpaired) electrons. The molecule has 3 heterocycles. The summed E-state index contributed by atoms with van der Waals surface area (Å²) in [6, 6.07) is 5.84. The molecule has 0 aliphatic rings. The number of rotatable bonds is 2. The maximum absolute atomic E-state index is 5.99. The molecular formula is C12H11N5S. The summed E-state index contributed by atoms with van der Waals surface area (Å²) in [6.45, 7) is 2.06. The van der Waals surface area contributed by atoms with Gasteiger partial charge in [0, 0.05) is 17.3 Å². The highest BCUT2D eigenvalue weighted by Gasteiger charge is 2.12. The molecule has 90 valence electrons. The third-order valence-electron chi connectivity index (χ3n) is 2.47. The number of nitrogens with two attached hydrogens (primary N) is 1. The van der Waals surface area contributed by atoms with Crippen LogP contribution in [0.15, 0.2) is 36.8 Å². The Kier molecular flexibility index (Phi) is 2.56. The Balaban J connectivity index is 2.06. The Bertz CT molecular complexity index is 671. The minimum atomic E-state index is 0.517. The molecule has 6 heteroatoms. The number of aromatic nitrogens is 4. The summed E-state index contributed by atoms with van der Waals surface area (Å²) in [5.41, 5.74) is 7.40. The van der Waals surface area contributed by atoms with Crippen LogP contribution in [0.1, 0.15) is 4.88 Å². The van der Waals surface area contributed by atoms with Crippen molar-refractivity contribution in [2.75, 3.05) is 5.73 Å². The van der Waals surface area contributed by atoms with Gasteiger partial charge >= 0.3 is 0 Å². The number of thiophene rings is 1. The van der Waals surface area contributed by atoms with Crippen LogP contribution < -0.4 is 5.73 Å². The first-order valence-electron chi connectivity index (χ1n) is 5.43. The Hall–Kier alpha value is -2.21. The van der Waals surface area contributed by atoms with Gasteiger partial charge in [-0.05, 0) is 25.1 Å². The molecule has 3 aromatic heterocycles. The van der Waals surface area contributed by atoms with Crippen LogP contribution in [0.5, 0.6) is 0 Å². The van der Waals surface area contributed by atoms with Gasteiger partial charge in [0.25, 0.3) is 5.95 Å². The van der Waals surface area contributed by atoms with Gasteiger partial charge in [0.2, 0.25) is 0 Å². The van der Waals surface area contributed by atoms with Crippen molar-refractivity contribution < 1.29 is 0 Å². The minimum Gasteiger partial charge on any atom is -0.396 e. The maximum atomic E-state index is 5.99. The van der Waals surface area contributed by atoms with Gasteiger partial charge in [-0.15, -0.1) is 11.3 Å². The van der Waals surface area contributed by atoms with Crippen molar-refractivity contribution in [1.82, 2.24) is 19.7 Å². The van der Waals surface area contributed by atoms with Gasteiger partial charge in [0.05, 0.1) is 16.8 Å². The largest absolute Gasteiger partial charge is 0.396 e. The molecular weight excluding hydrogens is 246 g/mol. The molecule has 0 fully saturated rings. The molecule has 3 rings (SSSR count). The average Bonchev–Trinajstić information content (AvgIpc) is 2.97. The molecule has 0 atom stereocenters. The van der Waals surface area contributed by atoms with E-state index in [1.54, 1.807) is 40.7 Å². The molecule has 0 aliphatic heterocycles. The summed E-state index contributed by atoms with van der Waals surface area (Å²) in [5.74, 6) is 0.517. The quantitative estimate of drug-likeness (QED) is 0.764. The minimum absolute atomic E-state index is 0.517. The van der Waals surface area contributed by atoms with Gasteiger partial charge in [-0.3, -0.25) is 0 Å². The van der Waals surface area contributed by atoms with Crippen LogP contribution in [0.2, 0.25) is 0 Å². The molecule has 0 amide bonds. The summed E-state index contributed by atoms with van der Waals surface area (Å²) in [4.78, 5) is 10.6. The molecule has 0 bridgehead atoms. The van der Waals surface area contributed by atoms with E-state index in [0.717, 1.165) is 10.6 Å². The number of hydrogen-bond donors (Lipinski definition) is 1. The fourth-order valence-corrected chi connectivity index (χ4v) is 2.53. The lowest BCUT2D eigenvalue weighted by Gasteiger charge is -1.96. The molecule has 3 aromatic rings. The zero-order chi connectivity index (χ0) is 12.5. The zero-order valence-electron chi connectivity index (χ0n) is 9.74. The van der Waals surface area contributed by atoms with Gasteiger partial charge in [0.15, 0.2) is 0 Å². The number of nitrogens with zero attached hydrogens (tertiary/aromatic N) is 4. The zero-order valence-corrected chi connectivity index (χ0v) is 10.6. The first kappa shape index (κ1) is 10.9. The van der Waals surface area contributed by atoms with Crippen molar-refractivity contribution in [3.05, 3.63) is 41.7 Å². The lowest BCUT2D eigenvalue weighted by atomic mass is 10.3. The molecule has 0 saturated carbocycles. The van der Waals surface area contributed by atoms with Crippen molar-refractivity contribution in [3.8, 4) is 16.5 Å². The summed E-state index contributed by atoms with van der Waals surface area (Å²) < 4.78 is 1.60. The van der Waals surface area contributed by atoms with Crippen molar-refractivity contribution in [2.24, 2.45) is 0 Å². The second-order valence-electron chi connectivity index (χ2n) is 3.84. The molecule has 0 spiro atoms. The van der Waals surface area contributed by atoms with Gasteiger partial charge in [-0.2, -0.15) is 5.10 Å². The molecule has 5 nitrogen and oxygen atoms in total. The molecule has 2 N–H and O–H groups in total. The van der Waals surface area contributed by atoms with E-state index in [4.69, 9.17) is 5.73 Å². The Morgan fingerprint density at radius 1 is 1.22 bits per heavy atom. The number of anilines is 1. The first-order valence-corrected chi connectivity index (χ1v) is 6.25. The van der Waals surface area contributed by atoms with E-state index in [1.165, 1.54) is 4.88 Å². The van der Waals surface area contributed by atoms with E-state index in [0.29, 0.717) is 11.6 Å². The van der Waals surface area contributed by atoms with E-state index < -0.39 is 0 Å². The van der Waals surface area contributed by atoms with Crippen molar-refractivity contribution in [1.29, 1.82) is 0 Å². The highest BCUT2D eigenvalue weighted by Crippen LogP contribution is 2.30. The fourth-order valence-electron chi connectivity index (χ4n) is 1.65. The average molecular weight is 257 g/mol. The monoisotopic (exact) mass is 257 g/mol. The smallest absolute Gasteiger partial charge is 0.250 e. The lowest BCUT2D eigenvalue weighted by Crippen LogP contribution is -2.00. The highest BCUT2D eigenvalue weighted by atomic mass is 32.1. The molecule has 0 aliphatic carbocycles. The molecule has 0 saturated heterocycles. The first-order chi connectivity index (χ1) is 8.74. The number of nitrogen functional groups attached to an aromatic ring is 1. The summed E-state index contributed by atoms with van der Waals surface area (Å²) in [7, 11) is 0. The highest BCUT2D eigenvalue weighted by molar-refractivity contribution is 7.15. The van der Waals surface area contributed by atoms with Crippen LogP contribution in [0, 0.1) is 6.92 Å². The van der Waals surface area contributed by atoms with Gasteiger partial charge < -0.3 is 5.73 Å². The maximum Gasteiger partial charge on any atom is 0.250 e. The predicted octanol–water partition coefficient (Wildman–Crippen LogP) is 2.28. The van der Waals surface area contributed by atoms with E-state index in [-0.39, 0.29) is 0 Å². The van der Waals surface area contributed by atoms with E-state index in [1.807, 2.05) is 6.07 Å². The van der Waals surface area contributed by atoms with Crippen molar-refractivity contribution in [2.45, 2.75) is 6.92 Å². The second kappa shape index (κ2) is 4.23. The predicted molar refractivity (Wildman–Crippen MR) is 71.6 cm³/mol. The van der Waals surface area contributed by atoms with Crippen LogP contribution in [0.25, 0.3) is 16.5 Å². The Labute approximate surface area is 108 Å². The van der Waals surface area contributed by atoms with Crippen LogP contribution in [0.4, 0.5) is 5.69 Å². The van der Waals surface area contributed by atoms with Crippen molar-refractivity contribution >= 4 is 17.0 Å². The van der Waals surface area contributed by atoms with Crippen LogP contribution >= 0.6 is 11.3 Å². The van der Waals surface area contributed by atoms with Crippen molar-refractivity contribution in [3.63, 3.8) is 0 Å². The summed E-state index contributed by atoms with van der Waals surface area (Å²) in [5, 5.41) is 4.44. The standard InChI is InChI=1S/C12H11N5S/c1-8-3-4-10(18-8)11-9(13)7-17(16-11)12-14-5-2-6-15-12/h2-7H,13H2,1H3. The van der Waals surface area contributed by atoms with E-state index in [2.05, 4.69) is 28.1 Å². The Morgan fingerprint density at radius 2 is 2.00 bits per heavy atom. The topological polar surface area (TPSA) is 69.6 Å². The fraction of sp³-hybridized carbons (Fsp3) is 0.0833. The van der Waals surface area contributed by atoms with E-state index >= 15 is 0 Å². The molecule has 18 heavy (non-hydrogen) atoms. The van der Waals surface area contributed by atoms with Crippen LogP contribution in [-0.2, 0) is 0 Å². The van der Waals surface area contributed by atoms with Gasteiger partial charge in [0.1, 0.15) is 5.69 Å². The van der Waals surface area contributed by atoms with Crippen LogP contribution in [-0.4, -0.2) is 19.7 Å². The Morgan fingerprint density at radius 3 is 2.67 bits per heavy atom. The van der Waals surface area contributed by atoms with Gasteiger partial charge in [-0.25, -0.2) is 14.6 Å². The SMILES string of the molecule is Cc1ccc(-c2nn(-c3ncccn3)cc2N)s1. The lowest BCUT2D eigenvalue weighted by molar-refractivity contribution is 0.811. The molecule has 0 aromatic carbocycles. The third-order valence-corrected chi connectivity index (χ3v) is 3.48. The van der Waals surface area contributed by atoms with Crippen LogP contribution in [0.3, 0.4) is 0 Å². The number of hydrogen-bond acceptors (Lipinski definition) is 5. The normalized spacial score (nSPS) is 10.7. The summed E-state index contributed by atoms with van der Waals surface area (Å²) in [6.07, 6.45) is 5.09. The molecule has 0 unspecified atom stereocenters.